The third kappa shape index (κ3) is 11.7. The Labute approximate surface area is 465 Å². The van der Waals surface area contributed by atoms with E-state index in [0.29, 0.717) is 80.6 Å². The highest BCUT2D eigenvalue weighted by Gasteiger charge is 2.43. The van der Waals surface area contributed by atoms with E-state index >= 15 is 4.39 Å². The molecule has 4 aromatic carbocycles. The number of H-pyrrole nitrogens is 2. The van der Waals surface area contributed by atoms with Gasteiger partial charge in [-0.25, -0.2) is 28.8 Å². The summed E-state index contributed by atoms with van der Waals surface area (Å²) in [5, 5.41) is 25.1. The van der Waals surface area contributed by atoms with Gasteiger partial charge in [-0.15, -0.1) is 0 Å². The summed E-state index contributed by atoms with van der Waals surface area (Å²) in [6, 6.07) is 25.3. The SMILES string of the molecule is CN(C(=O)OC(C)(C)C)C1CN(C(=O)c2cc(Cc3n[nH]c(=O)c4ccc(OC5CCC5)cc34)ccc2F)C1.N#Cc1ccc(N2C3CCC2CN(C(=O)c2cc(Cc4n[nH]c(=O)c5ccc(OC6CCC6)cc45)ccc2F)C3)nc1. The summed E-state index contributed by atoms with van der Waals surface area (Å²) in [5.41, 5.74) is 1.88. The van der Waals surface area contributed by atoms with E-state index in [4.69, 9.17) is 19.5 Å². The number of halogens is 2. The van der Waals surface area contributed by atoms with Gasteiger partial charge in [0.25, 0.3) is 22.9 Å². The van der Waals surface area contributed by atoms with Crippen molar-refractivity contribution in [2.24, 2.45) is 0 Å². The van der Waals surface area contributed by atoms with Crippen molar-refractivity contribution in [3.05, 3.63) is 163 Å². The van der Waals surface area contributed by atoms with Crippen LogP contribution in [0.25, 0.3) is 21.5 Å². The summed E-state index contributed by atoms with van der Waals surface area (Å²) in [5.74, 6) is 0.197. The van der Waals surface area contributed by atoms with Crippen molar-refractivity contribution < 1.29 is 37.4 Å². The molecule has 2 saturated carbocycles. The van der Waals surface area contributed by atoms with Crippen LogP contribution in [0.15, 0.2) is 101 Å². The minimum absolute atomic E-state index is 0.0274. The molecule has 3 aromatic heterocycles. The maximum absolute atomic E-state index is 15.1. The van der Waals surface area contributed by atoms with Gasteiger partial charge in [0.15, 0.2) is 0 Å². The van der Waals surface area contributed by atoms with Crippen molar-refractivity contribution in [2.45, 2.75) is 121 Å². The van der Waals surface area contributed by atoms with Gasteiger partial charge in [0.05, 0.1) is 57.1 Å². The molecule has 2 N–H and O–H groups in total. The number of fused-ring (bicyclic) bond motifs is 4. The zero-order chi connectivity index (χ0) is 56.7. The van der Waals surface area contributed by atoms with Crippen LogP contribution in [-0.2, 0) is 17.6 Å². The van der Waals surface area contributed by atoms with E-state index in [-0.39, 0.29) is 78.0 Å². The van der Waals surface area contributed by atoms with Crippen molar-refractivity contribution in [3.63, 3.8) is 0 Å². The Morgan fingerprint density at radius 2 is 1.16 bits per heavy atom. The molecule has 2 bridgehead atoms. The molecule has 6 heterocycles. The summed E-state index contributed by atoms with van der Waals surface area (Å²) >= 11 is 0. The smallest absolute Gasteiger partial charge is 0.410 e. The number of amides is 3. The number of likely N-dealkylation sites (tertiary alicyclic amines) is 2. The van der Waals surface area contributed by atoms with E-state index in [1.54, 1.807) is 87.4 Å². The summed E-state index contributed by atoms with van der Waals surface area (Å²) in [6.07, 6.45) is 10.3. The van der Waals surface area contributed by atoms with Crippen LogP contribution in [0, 0.1) is 23.0 Å². The van der Waals surface area contributed by atoms with E-state index in [9.17, 15) is 28.4 Å². The molecule has 3 saturated heterocycles. The largest absolute Gasteiger partial charge is 0.490 e. The lowest BCUT2D eigenvalue weighted by molar-refractivity contribution is -0.00220. The Morgan fingerprint density at radius 1 is 0.667 bits per heavy atom. The predicted molar refractivity (Wildman–Crippen MR) is 298 cm³/mol. The van der Waals surface area contributed by atoms with Gasteiger partial charge >= 0.3 is 6.09 Å². The number of rotatable bonds is 12. The minimum Gasteiger partial charge on any atom is -0.490 e. The fourth-order valence-electron chi connectivity index (χ4n) is 11.0. The molecule has 0 radical (unpaired) electrons. The van der Waals surface area contributed by atoms with Gasteiger partial charge < -0.3 is 33.8 Å². The molecule has 20 heteroatoms. The van der Waals surface area contributed by atoms with Crippen LogP contribution in [-0.4, -0.2) is 127 Å². The molecular weight excluding hydrogens is 1040 g/mol. The van der Waals surface area contributed by atoms with Gasteiger partial charge in [-0.1, -0.05) is 12.1 Å². The highest BCUT2D eigenvalue weighted by Crippen LogP contribution is 2.36. The first-order valence-corrected chi connectivity index (χ1v) is 27.6. The molecule has 2 unspecified atom stereocenters. The Morgan fingerprint density at radius 3 is 1.59 bits per heavy atom. The van der Waals surface area contributed by atoms with E-state index in [1.807, 2.05) is 18.2 Å². The van der Waals surface area contributed by atoms with Gasteiger partial charge in [-0.3, -0.25) is 19.2 Å². The topological polar surface area (TPSA) is 220 Å². The molecule has 18 nitrogen and oxygen atoms in total. The molecule has 2 atom stereocenters. The number of carbonyl (C=O) groups is 3. The maximum Gasteiger partial charge on any atom is 0.410 e. The summed E-state index contributed by atoms with van der Waals surface area (Å²) < 4.78 is 47.3. The predicted octanol–water partition coefficient (Wildman–Crippen LogP) is 8.62. The monoisotopic (exact) mass is 1100 g/mol. The molecule has 3 aliphatic heterocycles. The van der Waals surface area contributed by atoms with Crippen molar-refractivity contribution in [3.8, 4) is 17.6 Å². The van der Waals surface area contributed by atoms with Gasteiger partial charge in [-0.2, -0.15) is 15.5 Å². The number of anilines is 1. The molecule has 0 spiro atoms. The minimum atomic E-state index is -0.622. The number of aromatic nitrogens is 5. The van der Waals surface area contributed by atoms with E-state index in [2.05, 4.69) is 36.3 Å². The molecule has 418 valence electrons. The van der Waals surface area contributed by atoms with Crippen LogP contribution in [0.5, 0.6) is 11.5 Å². The summed E-state index contributed by atoms with van der Waals surface area (Å²) in [7, 11) is 1.63. The lowest BCUT2D eigenvalue weighted by atomic mass is 9.96. The number of nitrogens with one attached hydrogen (secondary N) is 2. The molecule has 5 fully saturated rings. The van der Waals surface area contributed by atoms with Crippen LogP contribution in [0.2, 0.25) is 0 Å². The Bertz CT molecular complexity index is 3720. The number of hydrogen-bond acceptors (Lipinski definition) is 13. The van der Waals surface area contributed by atoms with Crippen molar-refractivity contribution >= 4 is 45.3 Å². The molecule has 3 amide bonds. The zero-order valence-corrected chi connectivity index (χ0v) is 45.5. The Hall–Kier alpha value is -8.73. The maximum atomic E-state index is 15.1. The summed E-state index contributed by atoms with van der Waals surface area (Å²) in [6.45, 7) is 6.88. The number of aromatic amines is 2. The average molecular weight is 1100 g/mol. The average Bonchev–Trinajstić information content (AvgIpc) is 3.99. The molecular formula is C61H62F2N10O8. The first kappa shape index (κ1) is 54.2. The number of piperazine rings is 1. The molecule has 12 rings (SSSR count). The first-order valence-electron chi connectivity index (χ1n) is 27.6. The second-order valence-corrected chi connectivity index (χ2v) is 22.7. The highest BCUT2D eigenvalue weighted by atomic mass is 19.1. The number of ether oxygens (including phenoxy) is 3. The molecule has 7 aromatic rings. The Kier molecular flexibility index (Phi) is 15.0. The lowest BCUT2D eigenvalue weighted by Gasteiger charge is -2.44. The van der Waals surface area contributed by atoms with Gasteiger partial charge in [0, 0.05) is 75.1 Å². The third-order valence-electron chi connectivity index (χ3n) is 15.9. The number of carbonyl (C=O) groups excluding carboxylic acids is 3. The van der Waals surface area contributed by atoms with Gasteiger partial charge in [0.2, 0.25) is 0 Å². The first-order chi connectivity index (χ1) is 38.9. The van der Waals surface area contributed by atoms with Crippen LogP contribution in [0.3, 0.4) is 0 Å². The van der Waals surface area contributed by atoms with Crippen LogP contribution in [0.1, 0.15) is 121 Å². The number of pyridine rings is 1. The number of nitrogens with zero attached hydrogens (tertiary/aromatic N) is 8. The third-order valence-corrected chi connectivity index (χ3v) is 15.9. The van der Waals surface area contributed by atoms with Crippen molar-refractivity contribution in [1.82, 2.24) is 40.1 Å². The van der Waals surface area contributed by atoms with Crippen LogP contribution in [0.4, 0.5) is 19.4 Å². The van der Waals surface area contributed by atoms with Crippen molar-refractivity contribution in [1.29, 1.82) is 5.26 Å². The second-order valence-electron chi connectivity index (χ2n) is 22.7. The highest BCUT2D eigenvalue weighted by molar-refractivity contribution is 5.96. The number of hydrogen-bond donors (Lipinski definition) is 2. The molecule has 2 aliphatic carbocycles. The van der Waals surface area contributed by atoms with E-state index < -0.39 is 29.2 Å². The fourth-order valence-corrected chi connectivity index (χ4v) is 11.0. The van der Waals surface area contributed by atoms with Crippen LogP contribution < -0.4 is 25.5 Å². The van der Waals surface area contributed by atoms with Gasteiger partial charge in [-0.05, 0) is 156 Å². The molecule has 5 aliphatic rings. The van der Waals surface area contributed by atoms with Gasteiger partial charge in [0.1, 0.15) is 40.6 Å². The zero-order valence-electron chi connectivity index (χ0n) is 45.5. The summed E-state index contributed by atoms with van der Waals surface area (Å²) in [4.78, 5) is 75.4. The quantitative estimate of drug-likeness (QED) is 0.117. The normalized spacial score (nSPS) is 18.0. The standard InChI is InChI=1S/C32H29FN6O3.C29H33FN4O5/c33-28-10-4-19(13-29-26-14-24(42-23-2-1-3-23)8-9-25(26)31(40)37-36-29)12-27(28)32(41)38-17-21-6-7-22(18-38)39(21)30-11-5-20(15-34)16-35-30;1-29(2,3)39-28(37)33(4)18-15-34(16-18)27(36)23-12-17(8-11-24(23)30)13-25-22-14-20(38-19-6-5-7-19)9-10-21(22)26(35)32-31-25/h4-5,8-12,14,16,21-23H,1-3,6-7,13,17-18H2,(H,37,40);8-12,14,18-19H,5-7,13,15-16H2,1-4H3,(H,32,35). The second kappa shape index (κ2) is 22.4. The number of likely N-dealkylation sites (N-methyl/N-ethyl adjacent to an activating group) is 1. The van der Waals surface area contributed by atoms with E-state index in [0.717, 1.165) is 57.2 Å². The number of benzene rings is 4. The van der Waals surface area contributed by atoms with E-state index in [1.165, 1.54) is 28.0 Å². The fraction of sp³-hybridized carbons (Fsp3) is 0.393. The van der Waals surface area contributed by atoms with Crippen molar-refractivity contribution in [2.75, 3.05) is 38.1 Å². The molecule has 81 heavy (non-hydrogen) atoms. The van der Waals surface area contributed by atoms with Crippen LogP contribution >= 0.6 is 0 Å². The Balaban J connectivity index is 0.000000171. The number of nitriles is 1. The lowest BCUT2D eigenvalue weighted by Crippen LogP contribution is -2.61.